The van der Waals surface area contributed by atoms with Crippen molar-refractivity contribution in [2.75, 3.05) is 20.2 Å². The number of likely N-dealkylation sites (tertiary alicyclic amines) is 1. The molecule has 1 heterocycles. The molecule has 148 valence electrons. The average molecular weight is 384 g/mol. The fourth-order valence-electron chi connectivity index (χ4n) is 3.58. The van der Waals surface area contributed by atoms with E-state index in [0.29, 0.717) is 36.4 Å². The number of ether oxygens (including phenoxy) is 1. The second kappa shape index (κ2) is 8.42. The van der Waals surface area contributed by atoms with E-state index in [1.807, 2.05) is 6.92 Å². The van der Waals surface area contributed by atoms with E-state index in [2.05, 4.69) is 5.32 Å². The van der Waals surface area contributed by atoms with Crippen molar-refractivity contribution in [3.63, 3.8) is 0 Å². The number of piperidine rings is 1. The minimum absolute atomic E-state index is 0.109. The standard InChI is InChI=1S/C22H25FN2O3/c1-22(21(27)24-14-16-6-3-8-18(23)12-16)10-5-11-25(15-22)20(26)17-7-4-9-19(13-17)28-2/h3-4,6-9,12-13H,5,10-11,14-15H2,1-2H3,(H,24,27). The van der Waals surface area contributed by atoms with Gasteiger partial charge in [0.2, 0.25) is 5.91 Å². The summed E-state index contributed by atoms with van der Waals surface area (Å²) < 4.78 is 18.5. The van der Waals surface area contributed by atoms with E-state index in [9.17, 15) is 14.0 Å². The molecule has 28 heavy (non-hydrogen) atoms. The fourth-order valence-corrected chi connectivity index (χ4v) is 3.58. The van der Waals surface area contributed by atoms with Crippen LogP contribution in [0, 0.1) is 11.2 Å². The van der Waals surface area contributed by atoms with Crippen LogP contribution in [0.2, 0.25) is 0 Å². The van der Waals surface area contributed by atoms with Gasteiger partial charge in [0.15, 0.2) is 0 Å². The van der Waals surface area contributed by atoms with E-state index in [4.69, 9.17) is 4.74 Å². The molecule has 0 spiro atoms. The van der Waals surface area contributed by atoms with Crippen LogP contribution in [0.4, 0.5) is 4.39 Å². The Morgan fingerprint density at radius 1 is 1.21 bits per heavy atom. The molecule has 0 aliphatic carbocycles. The maximum Gasteiger partial charge on any atom is 0.254 e. The van der Waals surface area contributed by atoms with Crippen LogP contribution >= 0.6 is 0 Å². The van der Waals surface area contributed by atoms with E-state index >= 15 is 0 Å². The molecule has 1 N–H and O–H groups in total. The summed E-state index contributed by atoms with van der Waals surface area (Å²) in [5.41, 5.74) is 0.570. The summed E-state index contributed by atoms with van der Waals surface area (Å²) in [6, 6.07) is 13.2. The lowest BCUT2D eigenvalue weighted by molar-refractivity contribution is -0.132. The largest absolute Gasteiger partial charge is 0.497 e. The zero-order valence-electron chi connectivity index (χ0n) is 16.2. The summed E-state index contributed by atoms with van der Waals surface area (Å²) in [6.45, 7) is 3.09. The maximum atomic E-state index is 13.3. The Bertz CT molecular complexity index is 870. The molecule has 6 heteroatoms. The molecule has 2 aromatic carbocycles. The van der Waals surface area contributed by atoms with Crippen LogP contribution in [-0.2, 0) is 11.3 Å². The minimum atomic E-state index is -0.680. The molecular weight excluding hydrogens is 359 g/mol. The van der Waals surface area contributed by atoms with Gasteiger partial charge in [0.25, 0.3) is 5.91 Å². The molecule has 1 fully saturated rings. The molecule has 1 unspecified atom stereocenters. The second-order valence-corrected chi connectivity index (χ2v) is 7.44. The molecule has 5 nitrogen and oxygen atoms in total. The molecule has 1 aliphatic heterocycles. The predicted octanol–water partition coefficient (Wildman–Crippen LogP) is 3.39. The number of rotatable bonds is 5. The van der Waals surface area contributed by atoms with Gasteiger partial charge in [0, 0.05) is 25.2 Å². The van der Waals surface area contributed by atoms with Crippen LogP contribution in [0.3, 0.4) is 0 Å². The van der Waals surface area contributed by atoms with Crippen molar-refractivity contribution in [1.29, 1.82) is 0 Å². The zero-order valence-corrected chi connectivity index (χ0v) is 16.2. The van der Waals surface area contributed by atoms with Gasteiger partial charge in [-0.3, -0.25) is 9.59 Å². The van der Waals surface area contributed by atoms with Gasteiger partial charge in [-0.05, 0) is 55.7 Å². The number of amides is 2. The van der Waals surface area contributed by atoms with Crippen LogP contribution in [0.15, 0.2) is 48.5 Å². The lowest BCUT2D eigenvalue weighted by Crippen LogP contribution is -2.51. The second-order valence-electron chi connectivity index (χ2n) is 7.44. The van der Waals surface area contributed by atoms with Gasteiger partial charge in [0.1, 0.15) is 11.6 Å². The van der Waals surface area contributed by atoms with Crippen molar-refractivity contribution < 1.29 is 18.7 Å². The van der Waals surface area contributed by atoms with Crippen LogP contribution in [0.5, 0.6) is 5.75 Å². The van der Waals surface area contributed by atoms with E-state index in [0.717, 1.165) is 6.42 Å². The third kappa shape index (κ3) is 4.50. The molecule has 2 amide bonds. The first-order valence-electron chi connectivity index (χ1n) is 9.37. The van der Waals surface area contributed by atoms with Crippen molar-refractivity contribution in [1.82, 2.24) is 10.2 Å². The summed E-state index contributed by atoms with van der Waals surface area (Å²) in [4.78, 5) is 27.4. The third-order valence-corrected chi connectivity index (χ3v) is 5.19. The van der Waals surface area contributed by atoms with E-state index in [1.54, 1.807) is 48.4 Å². The zero-order chi connectivity index (χ0) is 20.1. The molecule has 3 rings (SSSR count). The lowest BCUT2D eigenvalue weighted by atomic mass is 9.80. The number of benzene rings is 2. The Morgan fingerprint density at radius 2 is 2.00 bits per heavy atom. The van der Waals surface area contributed by atoms with E-state index in [1.165, 1.54) is 12.1 Å². The first-order valence-corrected chi connectivity index (χ1v) is 9.37. The normalized spacial score (nSPS) is 19.2. The number of hydrogen-bond acceptors (Lipinski definition) is 3. The highest BCUT2D eigenvalue weighted by atomic mass is 19.1. The Labute approximate surface area is 164 Å². The van der Waals surface area contributed by atoms with Crippen LogP contribution in [0.1, 0.15) is 35.7 Å². The van der Waals surface area contributed by atoms with Crippen molar-refractivity contribution in [3.05, 3.63) is 65.5 Å². The number of halogens is 1. The quantitative estimate of drug-likeness (QED) is 0.860. The molecule has 1 atom stereocenters. The first kappa shape index (κ1) is 19.9. The summed E-state index contributed by atoms with van der Waals surface area (Å²) in [6.07, 6.45) is 1.45. The number of methoxy groups -OCH3 is 1. The fraction of sp³-hybridized carbons (Fsp3) is 0.364. The highest BCUT2D eigenvalue weighted by Crippen LogP contribution is 2.31. The Hall–Kier alpha value is -2.89. The Kier molecular flexibility index (Phi) is 5.97. The van der Waals surface area contributed by atoms with Crippen molar-refractivity contribution in [2.24, 2.45) is 5.41 Å². The highest BCUT2D eigenvalue weighted by molar-refractivity contribution is 5.95. The average Bonchev–Trinajstić information content (AvgIpc) is 2.71. The number of nitrogens with one attached hydrogen (secondary N) is 1. The minimum Gasteiger partial charge on any atom is -0.497 e. The van der Waals surface area contributed by atoms with Crippen LogP contribution in [-0.4, -0.2) is 36.9 Å². The van der Waals surface area contributed by atoms with Gasteiger partial charge in [-0.25, -0.2) is 4.39 Å². The maximum absolute atomic E-state index is 13.3. The molecule has 0 saturated carbocycles. The Balaban J connectivity index is 1.66. The summed E-state index contributed by atoms with van der Waals surface area (Å²) in [7, 11) is 1.56. The molecule has 2 aromatic rings. The molecule has 1 aliphatic rings. The van der Waals surface area contributed by atoms with Crippen molar-refractivity contribution in [3.8, 4) is 5.75 Å². The van der Waals surface area contributed by atoms with Gasteiger partial charge >= 0.3 is 0 Å². The van der Waals surface area contributed by atoms with Crippen LogP contribution < -0.4 is 10.1 Å². The molecule has 0 bridgehead atoms. The first-order chi connectivity index (χ1) is 13.4. The number of nitrogens with zero attached hydrogens (tertiary/aromatic N) is 1. The molecule has 1 saturated heterocycles. The van der Waals surface area contributed by atoms with Gasteiger partial charge in [0.05, 0.1) is 12.5 Å². The topological polar surface area (TPSA) is 58.6 Å². The smallest absolute Gasteiger partial charge is 0.254 e. The van der Waals surface area contributed by atoms with Gasteiger partial charge in [-0.15, -0.1) is 0 Å². The van der Waals surface area contributed by atoms with Gasteiger partial charge in [-0.1, -0.05) is 18.2 Å². The summed E-state index contributed by atoms with van der Waals surface area (Å²) in [5, 5.41) is 2.89. The molecule has 0 aromatic heterocycles. The molecular formula is C22H25FN2O3. The Morgan fingerprint density at radius 3 is 2.75 bits per heavy atom. The highest BCUT2D eigenvalue weighted by Gasteiger charge is 2.39. The van der Waals surface area contributed by atoms with E-state index < -0.39 is 5.41 Å². The van der Waals surface area contributed by atoms with Gasteiger partial charge in [-0.2, -0.15) is 0 Å². The SMILES string of the molecule is COc1cccc(C(=O)N2CCCC(C)(C(=O)NCc3cccc(F)c3)C2)c1. The summed E-state index contributed by atoms with van der Waals surface area (Å²) >= 11 is 0. The summed E-state index contributed by atoms with van der Waals surface area (Å²) in [5.74, 6) is 0.0619. The number of carbonyl (C=O) groups is 2. The lowest BCUT2D eigenvalue weighted by Gasteiger charge is -2.39. The van der Waals surface area contributed by atoms with E-state index in [-0.39, 0.29) is 24.2 Å². The third-order valence-electron chi connectivity index (χ3n) is 5.19. The van der Waals surface area contributed by atoms with Crippen molar-refractivity contribution in [2.45, 2.75) is 26.3 Å². The van der Waals surface area contributed by atoms with Crippen molar-refractivity contribution >= 4 is 11.8 Å². The van der Waals surface area contributed by atoms with Crippen LogP contribution in [0.25, 0.3) is 0 Å². The van der Waals surface area contributed by atoms with Gasteiger partial charge < -0.3 is 15.0 Å². The molecule has 0 radical (unpaired) electrons. The predicted molar refractivity (Wildman–Crippen MR) is 104 cm³/mol. The monoisotopic (exact) mass is 384 g/mol. The number of hydrogen-bond donors (Lipinski definition) is 1. The number of carbonyl (C=O) groups excluding carboxylic acids is 2.